The molecule has 1 aromatic rings. The summed E-state index contributed by atoms with van der Waals surface area (Å²) in [4.78, 5) is 0. The summed E-state index contributed by atoms with van der Waals surface area (Å²) < 4.78 is 19.1. The van der Waals surface area contributed by atoms with Crippen molar-refractivity contribution in [1.82, 2.24) is 5.32 Å². The Labute approximate surface area is 113 Å². The lowest BCUT2D eigenvalue weighted by Crippen LogP contribution is -2.41. The van der Waals surface area contributed by atoms with E-state index < -0.39 is 0 Å². The van der Waals surface area contributed by atoms with E-state index >= 15 is 0 Å². The van der Waals surface area contributed by atoms with E-state index in [1.165, 1.54) is 24.6 Å². The van der Waals surface area contributed by atoms with Crippen LogP contribution >= 0.6 is 0 Å². The van der Waals surface area contributed by atoms with Gasteiger partial charge in [0.15, 0.2) is 0 Å². The molecule has 1 fully saturated rings. The minimum atomic E-state index is -0.327. The summed E-state index contributed by atoms with van der Waals surface area (Å²) in [5.41, 5.74) is 1.11. The van der Waals surface area contributed by atoms with Crippen LogP contribution in [0.3, 0.4) is 0 Å². The lowest BCUT2D eigenvalue weighted by atomic mass is 9.92. The molecule has 1 aromatic carbocycles. The molecule has 2 rings (SSSR count). The zero-order chi connectivity index (χ0) is 13.7. The molecule has 0 aliphatic heterocycles. The van der Waals surface area contributed by atoms with E-state index in [-0.39, 0.29) is 11.9 Å². The highest BCUT2D eigenvalue weighted by Crippen LogP contribution is 2.23. The van der Waals surface area contributed by atoms with Gasteiger partial charge in [-0.2, -0.15) is 5.26 Å². The summed E-state index contributed by atoms with van der Waals surface area (Å²) in [6, 6.07) is 6.62. The first-order valence-corrected chi connectivity index (χ1v) is 6.72. The van der Waals surface area contributed by atoms with Gasteiger partial charge in [0.1, 0.15) is 5.82 Å². The van der Waals surface area contributed by atoms with E-state index in [4.69, 9.17) is 10.00 Å². The van der Waals surface area contributed by atoms with Crippen molar-refractivity contribution in [3.63, 3.8) is 0 Å². The molecule has 102 valence electrons. The number of nitriles is 1. The first-order chi connectivity index (χ1) is 9.24. The van der Waals surface area contributed by atoms with Gasteiger partial charge < -0.3 is 10.1 Å². The maximum atomic E-state index is 13.2. The SMILES string of the molecule is CNC1CCCCC1OCc1cc(F)ccc1C#N. The first kappa shape index (κ1) is 14.0. The summed E-state index contributed by atoms with van der Waals surface area (Å²) in [6.45, 7) is 0.295. The summed E-state index contributed by atoms with van der Waals surface area (Å²) in [7, 11) is 1.94. The molecular weight excluding hydrogens is 243 g/mol. The van der Waals surface area contributed by atoms with E-state index in [0.717, 1.165) is 19.3 Å². The van der Waals surface area contributed by atoms with Crippen LogP contribution in [0, 0.1) is 17.1 Å². The third kappa shape index (κ3) is 3.52. The Balaban J connectivity index is 2.01. The summed E-state index contributed by atoms with van der Waals surface area (Å²) in [5, 5.41) is 12.3. The van der Waals surface area contributed by atoms with Gasteiger partial charge >= 0.3 is 0 Å². The predicted octanol–water partition coefficient (Wildman–Crippen LogP) is 2.74. The van der Waals surface area contributed by atoms with Gasteiger partial charge in [-0.05, 0) is 43.7 Å². The van der Waals surface area contributed by atoms with Gasteiger partial charge in [-0.3, -0.25) is 0 Å². The number of nitrogens with zero attached hydrogens (tertiary/aromatic N) is 1. The summed E-state index contributed by atoms with van der Waals surface area (Å²) in [5.74, 6) is -0.327. The van der Waals surface area contributed by atoms with Crippen LogP contribution in [0.1, 0.15) is 36.8 Å². The highest BCUT2D eigenvalue weighted by Gasteiger charge is 2.24. The number of likely N-dealkylation sites (N-methyl/N-ethyl adjacent to an activating group) is 1. The third-order valence-corrected chi connectivity index (χ3v) is 3.71. The molecule has 0 bridgehead atoms. The van der Waals surface area contributed by atoms with E-state index in [1.54, 1.807) is 0 Å². The predicted molar refractivity (Wildman–Crippen MR) is 71.0 cm³/mol. The molecule has 1 aliphatic rings. The van der Waals surface area contributed by atoms with Crippen LogP contribution < -0.4 is 5.32 Å². The van der Waals surface area contributed by atoms with Crippen molar-refractivity contribution < 1.29 is 9.13 Å². The van der Waals surface area contributed by atoms with Crippen molar-refractivity contribution in [3.05, 3.63) is 35.1 Å². The Bertz CT molecular complexity index is 470. The van der Waals surface area contributed by atoms with Gasteiger partial charge in [-0.1, -0.05) is 12.8 Å². The molecule has 19 heavy (non-hydrogen) atoms. The topological polar surface area (TPSA) is 45.0 Å². The second-order valence-corrected chi connectivity index (χ2v) is 4.94. The molecule has 0 saturated heterocycles. The average Bonchev–Trinajstić information content (AvgIpc) is 2.45. The van der Waals surface area contributed by atoms with E-state index in [1.807, 2.05) is 7.05 Å². The molecule has 1 aliphatic carbocycles. The van der Waals surface area contributed by atoms with Crippen molar-refractivity contribution in [3.8, 4) is 6.07 Å². The van der Waals surface area contributed by atoms with Gasteiger partial charge in [0, 0.05) is 6.04 Å². The van der Waals surface area contributed by atoms with E-state index in [9.17, 15) is 4.39 Å². The zero-order valence-corrected chi connectivity index (χ0v) is 11.2. The van der Waals surface area contributed by atoms with Crippen molar-refractivity contribution in [1.29, 1.82) is 5.26 Å². The van der Waals surface area contributed by atoms with Crippen LogP contribution in [-0.4, -0.2) is 19.2 Å². The number of benzene rings is 1. The molecule has 0 amide bonds. The molecule has 0 aromatic heterocycles. The molecule has 3 nitrogen and oxygen atoms in total. The van der Waals surface area contributed by atoms with Crippen molar-refractivity contribution >= 4 is 0 Å². The molecule has 0 spiro atoms. The highest BCUT2D eigenvalue weighted by atomic mass is 19.1. The second-order valence-electron chi connectivity index (χ2n) is 4.94. The Morgan fingerprint density at radius 2 is 2.21 bits per heavy atom. The fraction of sp³-hybridized carbons (Fsp3) is 0.533. The minimum absolute atomic E-state index is 0.147. The van der Waals surface area contributed by atoms with Gasteiger partial charge in [-0.15, -0.1) is 0 Å². The number of ether oxygens (including phenoxy) is 1. The van der Waals surface area contributed by atoms with Crippen molar-refractivity contribution in [2.24, 2.45) is 0 Å². The van der Waals surface area contributed by atoms with E-state index in [0.29, 0.717) is 23.8 Å². The summed E-state index contributed by atoms with van der Waals surface area (Å²) in [6.07, 6.45) is 4.65. The molecular formula is C15H19FN2O. The number of nitrogens with one attached hydrogen (secondary N) is 1. The zero-order valence-electron chi connectivity index (χ0n) is 11.2. The highest BCUT2D eigenvalue weighted by molar-refractivity contribution is 5.37. The monoisotopic (exact) mass is 262 g/mol. The van der Waals surface area contributed by atoms with Crippen LogP contribution in [0.25, 0.3) is 0 Å². The second kappa shape index (κ2) is 6.65. The summed E-state index contributed by atoms with van der Waals surface area (Å²) >= 11 is 0. The lowest BCUT2D eigenvalue weighted by molar-refractivity contribution is -0.00378. The van der Waals surface area contributed by atoms with E-state index in [2.05, 4.69) is 11.4 Å². The Morgan fingerprint density at radius 1 is 1.42 bits per heavy atom. The maximum absolute atomic E-state index is 13.2. The molecule has 2 unspecified atom stereocenters. The largest absolute Gasteiger partial charge is 0.372 e. The number of hydrogen-bond donors (Lipinski definition) is 1. The van der Waals surface area contributed by atoms with Gasteiger partial charge in [-0.25, -0.2) is 4.39 Å². The minimum Gasteiger partial charge on any atom is -0.372 e. The molecule has 1 N–H and O–H groups in total. The Morgan fingerprint density at radius 3 is 2.95 bits per heavy atom. The lowest BCUT2D eigenvalue weighted by Gasteiger charge is -2.31. The smallest absolute Gasteiger partial charge is 0.123 e. The molecule has 0 radical (unpaired) electrons. The van der Waals surface area contributed by atoms with Crippen molar-refractivity contribution in [2.45, 2.75) is 44.4 Å². The first-order valence-electron chi connectivity index (χ1n) is 6.72. The number of rotatable bonds is 4. The number of halogens is 1. The quantitative estimate of drug-likeness (QED) is 0.907. The Hall–Kier alpha value is -1.44. The van der Waals surface area contributed by atoms with Gasteiger partial charge in [0.25, 0.3) is 0 Å². The third-order valence-electron chi connectivity index (χ3n) is 3.71. The van der Waals surface area contributed by atoms with Crippen LogP contribution in [0.5, 0.6) is 0 Å². The fourth-order valence-corrected chi connectivity index (χ4v) is 2.61. The fourth-order valence-electron chi connectivity index (χ4n) is 2.61. The normalized spacial score (nSPS) is 23.0. The molecule has 0 heterocycles. The van der Waals surface area contributed by atoms with Crippen LogP contribution in [0.2, 0.25) is 0 Å². The Kier molecular flexibility index (Phi) is 4.89. The average molecular weight is 262 g/mol. The maximum Gasteiger partial charge on any atom is 0.123 e. The standard InChI is InChI=1S/C15H19FN2O/c1-18-14-4-2-3-5-15(14)19-10-12-8-13(16)7-6-11(12)9-17/h6-8,14-15,18H,2-5,10H2,1H3. The molecule has 1 saturated carbocycles. The van der Waals surface area contributed by atoms with Crippen molar-refractivity contribution in [2.75, 3.05) is 7.05 Å². The van der Waals surface area contributed by atoms with Crippen LogP contribution in [0.15, 0.2) is 18.2 Å². The van der Waals surface area contributed by atoms with Crippen LogP contribution in [-0.2, 0) is 11.3 Å². The molecule has 4 heteroatoms. The van der Waals surface area contributed by atoms with Gasteiger partial charge in [0.05, 0.1) is 24.3 Å². The van der Waals surface area contributed by atoms with Crippen LogP contribution in [0.4, 0.5) is 4.39 Å². The van der Waals surface area contributed by atoms with Gasteiger partial charge in [0.2, 0.25) is 0 Å². The number of hydrogen-bond acceptors (Lipinski definition) is 3. The molecule has 2 atom stereocenters.